The fourth-order valence-electron chi connectivity index (χ4n) is 2.26. The number of nitrogens with one attached hydrogen (secondary N) is 1. The fraction of sp³-hybridized carbons (Fsp3) is 0.417. The molecule has 2 nitrogen and oxygen atoms in total. The number of halogens is 2. The summed E-state index contributed by atoms with van der Waals surface area (Å²) in [5.74, 6) is -1.89. The molecule has 0 aliphatic carbocycles. The van der Waals surface area contributed by atoms with E-state index in [0.29, 0.717) is 11.8 Å². The second kappa shape index (κ2) is 3.94. The molecule has 0 spiro atoms. The largest absolute Gasteiger partial charge is 0.308 e. The maximum absolute atomic E-state index is 13.2. The van der Waals surface area contributed by atoms with Crippen LogP contribution in [0.25, 0.3) is 0 Å². The predicted octanol–water partition coefficient (Wildman–Crippen LogP) is 2.38. The Morgan fingerprint density at radius 1 is 1.38 bits per heavy atom. The van der Waals surface area contributed by atoms with Crippen molar-refractivity contribution in [3.63, 3.8) is 0 Å². The Hall–Kier alpha value is -1.29. The molecule has 0 amide bonds. The van der Waals surface area contributed by atoms with Crippen LogP contribution in [0.5, 0.6) is 0 Å². The first-order chi connectivity index (χ1) is 7.57. The molecule has 1 aliphatic heterocycles. The van der Waals surface area contributed by atoms with Crippen molar-refractivity contribution in [1.82, 2.24) is 5.32 Å². The van der Waals surface area contributed by atoms with E-state index in [-0.39, 0.29) is 5.56 Å². The first-order valence-electron chi connectivity index (χ1n) is 5.26. The van der Waals surface area contributed by atoms with Crippen molar-refractivity contribution in [2.45, 2.75) is 25.3 Å². The van der Waals surface area contributed by atoms with Crippen LogP contribution >= 0.6 is 0 Å². The van der Waals surface area contributed by atoms with Gasteiger partial charge in [-0.05, 0) is 44.0 Å². The van der Waals surface area contributed by atoms with Crippen LogP contribution in [0.4, 0.5) is 8.78 Å². The maximum atomic E-state index is 13.2. The monoisotopic (exact) mass is 225 g/mol. The summed E-state index contributed by atoms with van der Waals surface area (Å²) in [6, 6.07) is 2.08. The SMILES string of the molecule is CC1(c2cc(F)c(F)cc2C=O)CCCN1. The van der Waals surface area contributed by atoms with Crippen LogP contribution in [0.2, 0.25) is 0 Å². The molecule has 1 fully saturated rings. The molecule has 1 aliphatic rings. The normalized spacial score (nSPS) is 24.7. The average molecular weight is 225 g/mol. The van der Waals surface area contributed by atoms with Gasteiger partial charge in [0, 0.05) is 11.1 Å². The lowest BCUT2D eigenvalue weighted by Gasteiger charge is -2.26. The van der Waals surface area contributed by atoms with Gasteiger partial charge in [0.15, 0.2) is 17.9 Å². The molecule has 1 N–H and O–H groups in total. The lowest BCUT2D eigenvalue weighted by Crippen LogP contribution is -2.34. The number of rotatable bonds is 2. The summed E-state index contributed by atoms with van der Waals surface area (Å²) in [5.41, 5.74) is 0.333. The minimum atomic E-state index is -0.979. The van der Waals surface area contributed by atoms with Gasteiger partial charge >= 0.3 is 0 Å². The molecule has 1 aromatic rings. The van der Waals surface area contributed by atoms with Crippen molar-refractivity contribution in [1.29, 1.82) is 0 Å². The van der Waals surface area contributed by atoms with E-state index in [1.54, 1.807) is 0 Å². The number of carbonyl (C=O) groups excluding carboxylic acids is 1. The number of aldehydes is 1. The molecule has 86 valence electrons. The average Bonchev–Trinajstić information content (AvgIpc) is 2.69. The molecule has 0 aromatic heterocycles. The van der Waals surface area contributed by atoms with E-state index in [2.05, 4.69) is 5.32 Å². The molecule has 1 saturated heterocycles. The third-order valence-electron chi connectivity index (χ3n) is 3.18. The first kappa shape index (κ1) is 11.2. The third-order valence-corrected chi connectivity index (χ3v) is 3.18. The Morgan fingerprint density at radius 2 is 2.06 bits per heavy atom. The van der Waals surface area contributed by atoms with Gasteiger partial charge in [0.2, 0.25) is 0 Å². The van der Waals surface area contributed by atoms with Crippen molar-refractivity contribution in [3.8, 4) is 0 Å². The van der Waals surface area contributed by atoms with Crippen molar-refractivity contribution >= 4 is 6.29 Å². The first-order valence-corrected chi connectivity index (χ1v) is 5.26. The molecule has 2 rings (SSSR count). The summed E-state index contributed by atoms with van der Waals surface area (Å²) < 4.78 is 26.2. The molecule has 0 radical (unpaired) electrons. The third kappa shape index (κ3) is 1.73. The van der Waals surface area contributed by atoms with Gasteiger partial charge in [0.05, 0.1) is 0 Å². The Kier molecular flexibility index (Phi) is 2.76. The molecule has 1 aromatic carbocycles. The Bertz CT molecular complexity index is 425. The van der Waals surface area contributed by atoms with Crippen molar-refractivity contribution < 1.29 is 13.6 Å². The highest BCUT2D eigenvalue weighted by Crippen LogP contribution is 2.33. The molecule has 4 heteroatoms. The van der Waals surface area contributed by atoms with Gasteiger partial charge < -0.3 is 5.32 Å². The summed E-state index contributed by atoms with van der Waals surface area (Å²) in [7, 11) is 0. The van der Waals surface area contributed by atoms with E-state index >= 15 is 0 Å². The van der Waals surface area contributed by atoms with Crippen LogP contribution in [0.3, 0.4) is 0 Å². The number of hydrogen-bond donors (Lipinski definition) is 1. The van der Waals surface area contributed by atoms with E-state index in [1.165, 1.54) is 0 Å². The van der Waals surface area contributed by atoms with Crippen LogP contribution in [-0.2, 0) is 5.54 Å². The van der Waals surface area contributed by atoms with Gasteiger partial charge in [0.25, 0.3) is 0 Å². The van der Waals surface area contributed by atoms with Gasteiger partial charge in [-0.15, -0.1) is 0 Å². The lowest BCUT2D eigenvalue weighted by atomic mass is 9.87. The molecular weight excluding hydrogens is 212 g/mol. The number of carbonyl (C=O) groups is 1. The summed E-state index contributed by atoms with van der Waals surface area (Å²) in [4.78, 5) is 10.9. The van der Waals surface area contributed by atoms with E-state index in [4.69, 9.17) is 0 Å². The van der Waals surface area contributed by atoms with E-state index in [1.807, 2.05) is 6.92 Å². The quantitative estimate of drug-likeness (QED) is 0.783. The van der Waals surface area contributed by atoms with Crippen LogP contribution in [0, 0.1) is 11.6 Å². The van der Waals surface area contributed by atoms with Gasteiger partial charge in [0.1, 0.15) is 0 Å². The smallest absolute Gasteiger partial charge is 0.159 e. The molecule has 0 bridgehead atoms. The zero-order valence-electron chi connectivity index (χ0n) is 9.02. The topological polar surface area (TPSA) is 29.1 Å². The van der Waals surface area contributed by atoms with Crippen molar-refractivity contribution in [2.75, 3.05) is 6.54 Å². The maximum Gasteiger partial charge on any atom is 0.159 e. The van der Waals surface area contributed by atoms with Gasteiger partial charge in [-0.25, -0.2) is 8.78 Å². The molecule has 1 heterocycles. The summed E-state index contributed by atoms with van der Waals surface area (Å²) in [6.07, 6.45) is 2.36. The zero-order valence-corrected chi connectivity index (χ0v) is 9.02. The lowest BCUT2D eigenvalue weighted by molar-refractivity contribution is 0.112. The van der Waals surface area contributed by atoms with Gasteiger partial charge in [-0.3, -0.25) is 4.79 Å². The van der Waals surface area contributed by atoms with E-state index in [9.17, 15) is 13.6 Å². The summed E-state index contributed by atoms with van der Waals surface area (Å²) >= 11 is 0. The summed E-state index contributed by atoms with van der Waals surface area (Å²) in [5, 5.41) is 3.22. The second-order valence-corrected chi connectivity index (χ2v) is 4.33. The number of benzene rings is 1. The molecule has 1 unspecified atom stereocenters. The standard InChI is InChI=1S/C12H13F2NO/c1-12(3-2-4-15-12)9-6-11(14)10(13)5-8(9)7-16/h5-7,15H,2-4H2,1H3. The second-order valence-electron chi connectivity index (χ2n) is 4.33. The van der Waals surface area contributed by atoms with E-state index in [0.717, 1.165) is 31.5 Å². The fourth-order valence-corrected chi connectivity index (χ4v) is 2.26. The number of hydrogen-bond acceptors (Lipinski definition) is 2. The van der Waals surface area contributed by atoms with Crippen LogP contribution in [0.1, 0.15) is 35.7 Å². The molecule has 0 saturated carbocycles. The molecule has 1 atom stereocenters. The van der Waals surface area contributed by atoms with Gasteiger partial charge in [-0.1, -0.05) is 0 Å². The highest BCUT2D eigenvalue weighted by atomic mass is 19.2. The summed E-state index contributed by atoms with van der Waals surface area (Å²) in [6.45, 7) is 2.73. The highest BCUT2D eigenvalue weighted by molar-refractivity contribution is 5.78. The van der Waals surface area contributed by atoms with E-state index < -0.39 is 17.2 Å². The predicted molar refractivity (Wildman–Crippen MR) is 56.3 cm³/mol. The Balaban J connectivity index is 2.54. The molecule has 16 heavy (non-hydrogen) atoms. The Morgan fingerprint density at radius 3 is 2.62 bits per heavy atom. The Labute approximate surface area is 92.7 Å². The van der Waals surface area contributed by atoms with Crippen molar-refractivity contribution in [2.24, 2.45) is 0 Å². The minimum absolute atomic E-state index is 0.218. The van der Waals surface area contributed by atoms with Crippen LogP contribution < -0.4 is 5.32 Å². The van der Waals surface area contributed by atoms with Gasteiger partial charge in [-0.2, -0.15) is 0 Å². The minimum Gasteiger partial charge on any atom is -0.308 e. The molecular formula is C12H13F2NO. The zero-order chi connectivity index (χ0) is 11.8. The van der Waals surface area contributed by atoms with Crippen molar-refractivity contribution in [3.05, 3.63) is 34.9 Å². The van der Waals surface area contributed by atoms with Crippen LogP contribution in [0.15, 0.2) is 12.1 Å². The van der Waals surface area contributed by atoms with Crippen LogP contribution in [-0.4, -0.2) is 12.8 Å². The highest BCUT2D eigenvalue weighted by Gasteiger charge is 2.32.